The molecule has 0 saturated carbocycles. The van der Waals surface area contributed by atoms with Gasteiger partial charge >= 0.3 is 10.1 Å². The van der Waals surface area contributed by atoms with Crippen LogP contribution in [0, 0.1) is 0 Å². The molecule has 0 aliphatic heterocycles. The van der Waals surface area contributed by atoms with Gasteiger partial charge in [0.1, 0.15) is 0 Å². The lowest BCUT2D eigenvalue weighted by molar-refractivity contribution is -0.0495. The Morgan fingerprint density at radius 3 is 2.26 bits per heavy atom. The van der Waals surface area contributed by atoms with Crippen LogP contribution in [0.4, 0.5) is 13.2 Å². The average Bonchev–Trinajstić information content (AvgIpc) is 2.35. The normalized spacial score (nSPS) is 14.1. The van der Waals surface area contributed by atoms with Crippen molar-refractivity contribution >= 4 is 16.2 Å². The zero-order valence-electron chi connectivity index (χ0n) is 9.89. The molecule has 0 saturated heterocycles. The Balaban J connectivity index is 2.71. The molecule has 106 valence electrons. The molecule has 1 N–H and O–H groups in total. The smallest absolute Gasteiger partial charge is 0.283 e. The van der Waals surface area contributed by atoms with E-state index in [9.17, 15) is 21.6 Å². The van der Waals surface area contributed by atoms with Gasteiger partial charge in [0.2, 0.25) is 0 Å². The maximum absolute atomic E-state index is 13.2. The first-order valence-electron chi connectivity index (χ1n) is 5.36. The minimum atomic E-state index is -5.41. The molecule has 0 amide bonds. The van der Waals surface area contributed by atoms with Crippen LogP contribution in [-0.4, -0.2) is 24.4 Å². The first-order chi connectivity index (χ1) is 8.66. The van der Waals surface area contributed by atoms with Gasteiger partial charge in [-0.25, -0.2) is 13.2 Å². The van der Waals surface area contributed by atoms with Crippen LogP contribution in [0.2, 0.25) is 0 Å². The van der Waals surface area contributed by atoms with Gasteiger partial charge < -0.3 is 0 Å². The molecule has 1 rings (SSSR count). The van der Waals surface area contributed by atoms with Gasteiger partial charge in [0.05, 0.1) is 0 Å². The first kappa shape index (κ1) is 15.7. The molecule has 7 heteroatoms. The van der Waals surface area contributed by atoms with E-state index in [1.807, 2.05) is 0 Å². The molecule has 0 fully saturated rings. The number of benzene rings is 1. The zero-order valence-corrected chi connectivity index (χ0v) is 10.7. The Hall–Kier alpha value is -1.34. The van der Waals surface area contributed by atoms with Crippen LogP contribution in [0.5, 0.6) is 0 Å². The average molecular weight is 294 g/mol. The Labute approximate surface area is 109 Å². The summed E-state index contributed by atoms with van der Waals surface area (Å²) in [6.45, 7) is 3.53. The summed E-state index contributed by atoms with van der Waals surface area (Å²) in [5, 5.41) is 0. The number of alkyl halides is 3. The van der Waals surface area contributed by atoms with E-state index in [2.05, 4.69) is 6.58 Å². The van der Waals surface area contributed by atoms with Crippen molar-refractivity contribution in [2.24, 2.45) is 0 Å². The number of hydrogen-bond donors (Lipinski definition) is 1. The van der Waals surface area contributed by atoms with Crippen LogP contribution in [-0.2, 0) is 16.5 Å². The van der Waals surface area contributed by atoms with E-state index in [0.29, 0.717) is 5.56 Å². The van der Waals surface area contributed by atoms with Crippen molar-refractivity contribution < 1.29 is 26.1 Å². The molecule has 0 aromatic heterocycles. The van der Waals surface area contributed by atoms with Gasteiger partial charge in [0.25, 0.3) is 11.4 Å². The molecular formula is C12H13F3O3S. The number of rotatable bonds is 6. The molecule has 0 bridgehead atoms. The van der Waals surface area contributed by atoms with Crippen LogP contribution < -0.4 is 0 Å². The van der Waals surface area contributed by atoms with Crippen molar-refractivity contribution in [1.29, 1.82) is 0 Å². The summed E-state index contributed by atoms with van der Waals surface area (Å²) in [5.74, 6) is -4.13. The highest BCUT2D eigenvalue weighted by Gasteiger charge is 2.47. The summed E-state index contributed by atoms with van der Waals surface area (Å²) in [7, 11) is -5.41. The number of aryl methyl sites for hydroxylation is 1. The molecule has 0 aliphatic rings. The predicted octanol–water partition coefficient (Wildman–Crippen LogP) is 3.08. The summed E-state index contributed by atoms with van der Waals surface area (Å²) in [6, 6.07) is 6.42. The third-order valence-corrected chi connectivity index (χ3v) is 3.42. The van der Waals surface area contributed by atoms with Gasteiger partial charge in [-0.05, 0) is 17.5 Å². The van der Waals surface area contributed by atoms with E-state index in [0.717, 1.165) is 5.56 Å². The van der Waals surface area contributed by atoms with E-state index in [1.165, 1.54) is 0 Å². The van der Waals surface area contributed by atoms with Crippen LogP contribution >= 0.6 is 0 Å². The molecule has 0 heterocycles. The minimum absolute atomic E-state index is 0.208. The highest BCUT2D eigenvalue weighted by molar-refractivity contribution is 7.86. The van der Waals surface area contributed by atoms with E-state index in [-0.39, 0.29) is 6.42 Å². The van der Waals surface area contributed by atoms with E-state index < -0.39 is 28.0 Å². The Bertz CT molecular complexity index is 538. The van der Waals surface area contributed by atoms with Gasteiger partial charge in [-0.1, -0.05) is 36.9 Å². The van der Waals surface area contributed by atoms with Crippen LogP contribution in [0.15, 0.2) is 30.8 Å². The van der Waals surface area contributed by atoms with Gasteiger partial charge in [-0.15, -0.1) is 0 Å². The van der Waals surface area contributed by atoms with Crippen LogP contribution in [0.3, 0.4) is 0 Å². The van der Waals surface area contributed by atoms with E-state index in [4.69, 9.17) is 4.55 Å². The first-order valence-corrected chi connectivity index (χ1v) is 6.87. The van der Waals surface area contributed by atoms with Crippen LogP contribution in [0.1, 0.15) is 17.5 Å². The molecule has 1 aromatic carbocycles. The summed E-state index contributed by atoms with van der Waals surface area (Å²) in [6.07, 6.45) is 0.357. The summed E-state index contributed by atoms with van der Waals surface area (Å²) >= 11 is 0. The molecule has 0 spiro atoms. The van der Waals surface area contributed by atoms with Crippen molar-refractivity contribution in [1.82, 2.24) is 0 Å². The lowest BCUT2D eigenvalue weighted by atomic mass is 10.0. The quantitative estimate of drug-likeness (QED) is 0.820. The van der Waals surface area contributed by atoms with Crippen molar-refractivity contribution in [2.75, 3.05) is 0 Å². The second-order valence-electron chi connectivity index (χ2n) is 4.04. The van der Waals surface area contributed by atoms with Crippen molar-refractivity contribution in [3.63, 3.8) is 0 Å². The van der Waals surface area contributed by atoms with Crippen LogP contribution in [0.25, 0.3) is 6.08 Å². The molecular weight excluding hydrogens is 281 g/mol. The topological polar surface area (TPSA) is 54.4 Å². The minimum Gasteiger partial charge on any atom is -0.283 e. The Morgan fingerprint density at radius 2 is 1.84 bits per heavy atom. The molecule has 1 unspecified atom stereocenters. The summed E-state index contributed by atoms with van der Waals surface area (Å²) in [4.78, 5) is 0. The molecule has 0 aliphatic carbocycles. The Morgan fingerprint density at radius 1 is 1.32 bits per heavy atom. The lowest BCUT2D eigenvalue weighted by Crippen LogP contribution is -2.36. The molecule has 1 atom stereocenters. The van der Waals surface area contributed by atoms with E-state index in [1.54, 1.807) is 30.3 Å². The third kappa shape index (κ3) is 4.36. The molecule has 19 heavy (non-hydrogen) atoms. The second-order valence-corrected chi connectivity index (χ2v) is 5.48. The SMILES string of the molecule is C=Cc1ccc(CCC(F)(F)C(F)S(=O)(=O)O)cc1. The van der Waals surface area contributed by atoms with Gasteiger partial charge in [0, 0.05) is 6.42 Å². The predicted molar refractivity (Wildman–Crippen MR) is 66.2 cm³/mol. The van der Waals surface area contributed by atoms with Gasteiger partial charge in [0.15, 0.2) is 0 Å². The molecule has 1 aromatic rings. The standard InChI is InChI=1S/C12H13F3O3S/c1-2-9-3-5-10(6-4-9)7-8-12(14,15)11(13)19(16,17)18/h2-6,11H,1,7-8H2,(H,16,17,18). The summed E-state index contributed by atoms with van der Waals surface area (Å²) < 4.78 is 68.4. The highest BCUT2D eigenvalue weighted by Crippen LogP contribution is 2.30. The van der Waals surface area contributed by atoms with Gasteiger partial charge in [-0.3, -0.25) is 4.55 Å². The molecule has 0 radical (unpaired) electrons. The van der Waals surface area contributed by atoms with E-state index >= 15 is 0 Å². The number of hydrogen-bond acceptors (Lipinski definition) is 2. The summed E-state index contributed by atoms with van der Waals surface area (Å²) in [5.41, 5.74) is -2.29. The fourth-order valence-electron chi connectivity index (χ4n) is 1.46. The van der Waals surface area contributed by atoms with Crippen molar-refractivity contribution in [3.8, 4) is 0 Å². The highest BCUT2D eigenvalue weighted by atomic mass is 32.2. The zero-order chi connectivity index (χ0) is 14.7. The largest absolute Gasteiger partial charge is 0.303 e. The third-order valence-electron chi connectivity index (χ3n) is 2.56. The second kappa shape index (κ2) is 5.75. The maximum atomic E-state index is 13.2. The van der Waals surface area contributed by atoms with Crippen molar-refractivity contribution in [3.05, 3.63) is 42.0 Å². The van der Waals surface area contributed by atoms with Crippen molar-refractivity contribution in [2.45, 2.75) is 24.3 Å². The fraction of sp³-hybridized carbons (Fsp3) is 0.333. The maximum Gasteiger partial charge on any atom is 0.303 e. The lowest BCUT2D eigenvalue weighted by Gasteiger charge is -2.18. The molecule has 3 nitrogen and oxygen atoms in total. The van der Waals surface area contributed by atoms with Gasteiger partial charge in [-0.2, -0.15) is 8.42 Å². The Kier molecular flexibility index (Phi) is 4.75. The number of halogens is 3. The fourth-order valence-corrected chi connectivity index (χ4v) is 2.02. The monoisotopic (exact) mass is 294 g/mol.